The average molecular weight is 365 g/mol. The second-order valence-corrected chi connectivity index (χ2v) is 7.81. The van der Waals surface area contributed by atoms with Crippen LogP contribution in [-0.4, -0.2) is 47.1 Å². The number of aromatic nitrogens is 2. The topological polar surface area (TPSA) is 89.5 Å². The maximum atomic E-state index is 12.9. The van der Waals surface area contributed by atoms with Crippen molar-refractivity contribution in [1.29, 1.82) is 0 Å². The number of hydrogen-bond acceptors (Lipinski definition) is 7. The molecule has 0 radical (unpaired) electrons. The van der Waals surface area contributed by atoms with Crippen molar-refractivity contribution in [2.24, 2.45) is 5.92 Å². The summed E-state index contributed by atoms with van der Waals surface area (Å²) < 4.78 is 40.2. The Morgan fingerprint density at radius 1 is 1.38 bits per heavy atom. The Balaban J connectivity index is 1.75. The molecule has 0 amide bonds. The zero-order chi connectivity index (χ0) is 17.2. The highest BCUT2D eigenvalue weighted by Gasteiger charge is 2.34. The van der Waals surface area contributed by atoms with Crippen molar-refractivity contribution >= 4 is 38.8 Å². The summed E-state index contributed by atoms with van der Waals surface area (Å²) in [6, 6.07) is 4.92. The number of hydrogen-bond donors (Lipinski definition) is 0. The molecule has 0 spiro atoms. The molecule has 1 aromatic heterocycles. The third kappa shape index (κ3) is 3.13. The van der Waals surface area contributed by atoms with Crippen molar-refractivity contribution in [3.8, 4) is 12.3 Å². The van der Waals surface area contributed by atoms with Gasteiger partial charge < -0.3 is 4.74 Å². The van der Waals surface area contributed by atoms with Gasteiger partial charge >= 0.3 is 5.97 Å². The number of sulfonamides is 1. The normalized spacial score (nSPS) is 16.8. The van der Waals surface area contributed by atoms with E-state index in [0.717, 1.165) is 11.7 Å². The predicted octanol–water partition coefficient (Wildman–Crippen LogP) is 1.27. The molecule has 0 atom stereocenters. The first-order valence-electron chi connectivity index (χ1n) is 7.35. The summed E-state index contributed by atoms with van der Waals surface area (Å²) in [5.41, 5.74) is 0.951. The van der Waals surface area contributed by atoms with Gasteiger partial charge in [0.2, 0.25) is 10.0 Å². The molecule has 1 aliphatic rings. The van der Waals surface area contributed by atoms with Crippen molar-refractivity contribution in [1.82, 2.24) is 13.1 Å². The van der Waals surface area contributed by atoms with Crippen LogP contribution in [0, 0.1) is 18.3 Å². The van der Waals surface area contributed by atoms with Gasteiger partial charge in [0, 0.05) is 13.1 Å². The molecule has 9 heteroatoms. The lowest BCUT2D eigenvalue weighted by atomic mass is 9.98. The third-order valence-electron chi connectivity index (χ3n) is 3.95. The summed E-state index contributed by atoms with van der Waals surface area (Å²) in [4.78, 5) is 12.0. The van der Waals surface area contributed by atoms with Gasteiger partial charge in [-0.05, 0) is 25.0 Å². The van der Waals surface area contributed by atoms with Gasteiger partial charge in [-0.1, -0.05) is 12.0 Å². The van der Waals surface area contributed by atoms with E-state index >= 15 is 0 Å². The van der Waals surface area contributed by atoms with Gasteiger partial charge in [-0.15, -0.1) is 6.42 Å². The molecule has 0 unspecified atom stereocenters. The molecule has 0 bridgehead atoms. The van der Waals surface area contributed by atoms with E-state index in [4.69, 9.17) is 11.2 Å². The Kier molecular flexibility index (Phi) is 4.80. The van der Waals surface area contributed by atoms with Gasteiger partial charge in [0.1, 0.15) is 15.9 Å². The van der Waals surface area contributed by atoms with E-state index in [1.165, 1.54) is 10.4 Å². The molecule has 1 aromatic carbocycles. The summed E-state index contributed by atoms with van der Waals surface area (Å²) in [6.07, 6.45) is 5.88. The molecule has 7 nitrogen and oxygen atoms in total. The van der Waals surface area contributed by atoms with Crippen LogP contribution in [0.3, 0.4) is 0 Å². The van der Waals surface area contributed by atoms with Gasteiger partial charge in [-0.25, -0.2) is 8.42 Å². The fourth-order valence-electron chi connectivity index (χ4n) is 2.69. The summed E-state index contributed by atoms with van der Waals surface area (Å²) in [5, 5.41) is 0. The van der Waals surface area contributed by atoms with Gasteiger partial charge in [-0.2, -0.15) is 13.1 Å². The van der Waals surface area contributed by atoms with Crippen molar-refractivity contribution in [2.75, 3.05) is 19.7 Å². The van der Waals surface area contributed by atoms with E-state index in [1.807, 2.05) is 0 Å². The highest BCUT2D eigenvalue weighted by atomic mass is 32.2. The molecule has 24 heavy (non-hydrogen) atoms. The lowest BCUT2D eigenvalue weighted by Gasteiger charge is -2.30. The Morgan fingerprint density at radius 2 is 2.12 bits per heavy atom. The quantitative estimate of drug-likeness (QED) is 0.599. The minimum Gasteiger partial charge on any atom is -0.452 e. The summed E-state index contributed by atoms with van der Waals surface area (Å²) in [7, 11) is -3.67. The van der Waals surface area contributed by atoms with E-state index in [1.54, 1.807) is 12.1 Å². The molecule has 0 saturated carbocycles. The number of carbonyl (C=O) groups excluding carboxylic acids is 1. The van der Waals surface area contributed by atoms with Crippen molar-refractivity contribution in [2.45, 2.75) is 17.7 Å². The molecule has 1 aliphatic heterocycles. The number of piperidine rings is 1. The number of terminal acetylenes is 1. The molecule has 1 fully saturated rings. The third-order valence-corrected chi connectivity index (χ3v) is 6.42. The van der Waals surface area contributed by atoms with Gasteiger partial charge in [0.15, 0.2) is 6.61 Å². The molecule has 2 aromatic rings. The Bertz CT molecular complexity index is 893. The molecule has 0 N–H and O–H groups in total. The van der Waals surface area contributed by atoms with E-state index in [0.29, 0.717) is 23.9 Å². The van der Waals surface area contributed by atoms with Gasteiger partial charge in [0.25, 0.3) is 0 Å². The number of nitrogens with zero attached hydrogens (tertiary/aromatic N) is 3. The first-order chi connectivity index (χ1) is 11.5. The van der Waals surface area contributed by atoms with Crippen LogP contribution >= 0.6 is 11.7 Å². The zero-order valence-electron chi connectivity index (χ0n) is 12.7. The molecule has 1 saturated heterocycles. The van der Waals surface area contributed by atoms with Crippen LogP contribution in [0.15, 0.2) is 23.1 Å². The highest BCUT2D eigenvalue weighted by Crippen LogP contribution is 2.28. The highest BCUT2D eigenvalue weighted by molar-refractivity contribution is 7.89. The van der Waals surface area contributed by atoms with Crippen LogP contribution < -0.4 is 0 Å². The van der Waals surface area contributed by atoms with Crippen LogP contribution in [0.1, 0.15) is 12.8 Å². The lowest BCUT2D eigenvalue weighted by Crippen LogP contribution is -2.40. The zero-order valence-corrected chi connectivity index (χ0v) is 14.3. The lowest BCUT2D eigenvalue weighted by molar-refractivity contribution is -0.148. The Hall–Kier alpha value is -2.02. The second kappa shape index (κ2) is 6.84. The first kappa shape index (κ1) is 16.8. The standard InChI is InChI=1S/C15H15N3O4S2/c1-2-10-22-15(19)11-6-8-18(9-7-11)24(20,21)13-5-3-4-12-14(13)17-23-16-12/h1,3-5,11H,6-10H2. The SMILES string of the molecule is C#CCOC(=O)C1CCN(S(=O)(=O)c2cccc3nsnc23)CC1. The van der Waals surface area contributed by atoms with Crippen molar-refractivity contribution in [3.05, 3.63) is 18.2 Å². The maximum Gasteiger partial charge on any atom is 0.309 e. The maximum absolute atomic E-state index is 12.9. The number of rotatable bonds is 4. The van der Waals surface area contributed by atoms with Gasteiger partial charge in [0.05, 0.1) is 17.6 Å². The van der Waals surface area contributed by atoms with Crippen LogP contribution in [0.4, 0.5) is 0 Å². The van der Waals surface area contributed by atoms with Crippen molar-refractivity contribution in [3.63, 3.8) is 0 Å². The fraction of sp³-hybridized carbons (Fsp3) is 0.400. The number of carbonyl (C=O) groups is 1. The van der Waals surface area contributed by atoms with E-state index in [2.05, 4.69) is 14.7 Å². The predicted molar refractivity (Wildman–Crippen MR) is 88.7 cm³/mol. The van der Waals surface area contributed by atoms with E-state index < -0.39 is 10.0 Å². The summed E-state index contributed by atoms with van der Waals surface area (Å²) in [6.45, 7) is 0.453. The monoisotopic (exact) mass is 365 g/mol. The molecular weight excluding hydrogens is 350 g/mol. The minimum absolute atomic E-state index is 0.0594. The van der Waals surface area contributed by atoms with Crippen LogP contribution in [0.5, 0.6) is 0 Å². The molecule has 2 heterocycles. The van der Waals surface area contributed by atoms with Gasteiger partial charge in [-0.3, -0.25) is 4.79 Å². The molecule has 126 valence electrons. The smallest absolute Gasteiger partial charge is 0.309 e. The Morgan fingerprint density at radius 3 is 2.83 bits per heavy atom. The second-order valence-electron chi connectivity index (χ2n) is 5.38. The van der Waals surface area contributed by atoms with Crippen LogP contribution in [0.25, 0.3) is 11.0 Å². The first-order valence-corrected chi connectivity index (χ1v) is 9.52. The number of fused-ring (bicyclic) bond motifs is 1. The largest absolute Gasteiger partial charge is 0.452 e. The molecule has 3 rings (SSSR count). The number of ether oxygens (including phenoxy) is 1. The van der Waals surface area contributed by atoms with Crippen LogP contribution in [0.2, 0.25) is 0 Å². The summed E-state index contributed by atoms with van der Waals surface area (Å²) in [5.74, 6) is 1.56. The van der Waals surface area contributed by atoms with E-state index in [9.17, 15) is 13.2 Å². The number of benzene rings is 1. The summed E-state index contributed by atoms with van der Waals surface area (Å²) >= 11 is 0.981. The van der Waals surface area contributed by atoms with Crippen molar-refractivity contribution < 1.29 is 17.9 Å². The number of esters is 1. The average Bonchev–Trinajstić information content (AvgIpc) is 3.08. The Labute approximate surface area is 144 Å². The minimum atomic E-state index is -3.67. The van der Waals surface area contributed by atoms with Crippen LogP contribution in [-0.2, 0) is 19.6 Å². The van der Waals surface area contributed by atoms with E-state index in [-0.39, 0.29) is 36.5 Å². The fourth-order valence-corrected chi connectivity index (χ4v) is 4.91. The molecular formula is C15H15N3O4S2. The molecule has 0 aliphatic carbocycles.